The fraction of sp³-hybridized carbons (Fsp3) is 0.250. The first-order chi connectivity index (χ1) is 12.1. The zero-order valence-electron chi connectivity index (χ0n) is 14.2. The minimum absolute atomic E-state index is 0.220. The molecule has 1 fully saturated rings. The Balaban J connectivity index is 1.70. The molecule has 0 aliphatic carbocycles. The van der Waals surface area contributed by atoms with Crippen molar-refractivity contribution >= 4 is 16.7 Å². The van der Waals surface area contributed by atoms with Crippen LogP contribution in [-0.4, -0.2) is 38.3 Å². The third kappa shape index (κ3) is 2.87. The highest BCUT2D eigenvalue weighted by Crippen LogP contribution is 2.31. The summed E-state index contributed by atoms with van der Waals surface area (Å²) in [6.07, 6.45) is 0. The fourth-order valence-corrected chi connectivity index (χ4v) is 3.30. The molecule has 2 heterocycles. The lowest BCUT2D eigenvalue weighted by Crippen LogP contribution is -3.12. The number of benzene rings is 2. The first kappa shape index (κ1) is 15.7. The number of piperazine rings is 1. The Morgan fingerprint density at radius 2 is 1.72 bits per heavy atom. The molecule has 0 saturated carbocycles. The van der Waals surface area contributed by atoms with Crippen LogP contribution in [0.2, 0.25) is 0 Å². The van der Waals surface area contributed by atoms with E-state index in [1.807, 2.05) is 30.3 Å². The van der Waals surface area contributed by atoms with E-state index in [0.29, 0.717) is 16.5 Å². The highest BCUT2D eigenvalue weighted by atomic mass is 16.4. The Morgan fingerprint density at radius 3 is 2.44 bits per heavy atom. The number of anilines is 1. The maximum atomic E-state index is 12.3. The monoisotopic (exact) mass is 337 g/mol. The van der Waals surface area contributed by atoms with Crippen molar-refractivity contribution in [3.63, 3.8) is 0 Å². The molecule has 4 rings (SSSR count). The summed E-state index contributed by atoms with van der Waals surface area (Å²) >= 11 is 0. The number of quaternary nitrogens is 1. The van der Waals surface area contributed by atoms with Crippen LogP contribution in [0.15, 0.2) is 57.7 Å². The second-order valence-corrected chi connectivity index (χ2v) is 6.60. The van der Waals surface area contributed by atoms with E-state index in [0.717, 1.165) is 31.9 Å². The number of nitrogens with one attached hydrogen (secondary N) is 1. The number of hydrogen-bond acceptors (Lipinski definition) is 4. The smallest absolute Gasteiger partial charge is 0.235 e. The molecule has 0 spiro atoms. The molecule has 0 amide bonds. The summed E-state index contributed by atoms with van der Waals surface area (Å²) in [6.45, 7) is 4.31. The molecule has 0 unspecified atom stereocenters. The van der Waals surface area contributed by atoms with Crippen molar-refractivity contribution in [2.45, 2.75) is 0 Å². The van der Waals surface area contributed by atoms with Crippen LogP contribution in [0, 0.1) is 0 Å². The number of likely N-dealkylation sites (N-methyl/N-ethyl adjacent to an activating group) is 1. The predicted molar refractivity (Wildman–Crippen MR) is 98.4 cm³/mol. The predicted octanol–water partition coefficient (Wildman–Crippen LogP) is 1.50. The molecular weight excluding hydrogens is 316 g/mol. The lowest BCUT2D eigenvalue weighted by atomic mass is 10.1. The van der Waals surface area contributed by atoms with Gasteiger partial charge in [-0.3, -0.25) is 4.79 Å². The molecule has 2 aromatic carbocycles. The van der Waals surface area contributed by atoms with Crippen LogP contribution in [-0.2, 0) is 0 Å². The van der Waals surface area contributed by atoms with Gasteiger partial charge in [-0.05, 0) is 36.4 Å². The molecule has 128 valence electrons. The summed E-state index contributed by atoms with van der Waals surface area (Å²) in [6, 6.07) is 14.8. The molecule has 0 radical (unpaired) electrons. The number of para-hydroxylation sites is 1. The third-order valence-corrected chi connectivity index (χ3v) is 4.89. The number of rotatable bonds is 2. The summed E-state index contributed by atoms with van der Waals surface area (Å²) in [7, 11) is 2.21. The van der Waals surface area contributed by atoms with E-state index in [-0.39, 0.29) is 11.5 Å². The van der Waals surface area contributed by atoms with E-state index in [1.54, 1.807) is 23.1 Å². The first-order valence-corrected chi connectivity index (χ1v) is 8.55. The van der Waals surface area contributed by atoms with Gasteiger partial charge < -0.3 is 19.3 Å². The zero-order chi connectivity index (χ0) is 17.4. The second-order valence-electron chi connectivity index (χ2n) is 6.60. The lowest BCUT2D eigenvalue weighted by Gasteiger charge is -2.31. The third-order valence-electron chi connectivity index (χ3n) is 4.89. The quantitative estimate of drug-likeness (QED) is 0.744. The molecule has 5 nitrogen and oxygen atoms in total. The number of fused-ring (bicyclic) bond motifs is 1. The van der Waals surface area contributed by atoms with Crippen LogP contribution in [0.1, 0.15) is 0 Å². The minimum Gasteiger partial charge on any atom is -0.502 e. The van der Waals surface area contributed by atoms with Gasteiger partial charge in [-0.25, -0.2) is 0 Å². The molecule has 0 atom stereocenters. The van der Waals surface area contributed by atoms with Crippen LogP contribution in [0.5, 0.6) is 5.75 Å². The maximum Gasteiger partial charge on any atom is 0.235 e. The maximum absolute atomic E-state index is 12.3. The molecule has 1 aliphatic heterocycles. The Bertz CT molecular complexity index is 955. The summed E-state index contributed by atoms with van der Waals surface area (Å²) in [5.74, 6) is -0.118. The van der Waals surface area contributed by atoms with E-state index in [2.05, 4.69) is 11.9 Å². The second kappa shape index (κ2) is 6.26. The van der Waals surface area contributed by atoms with Crippen molar-refractivity contribution in [1.82, 2.24) is 0 Å². The van der Waals surface area contributed by atoms with Crippen molar-refractivity contribution in [2.24, 2.45) is 0 Å². The highest BCUT2D eigenvalue weighted by molar-refractivity contribution is 5.81. The van der Waals surface area contributed by atoms with Gasteiger partial charge >= 0.3 is 0 Å². The lowest BCUT2D eigenvalue weighted by molar-refractivity contribution is -0.880. The van der Waals surface area contributed by atoms with Gasteiger partial charge in [0, 0.05) is 11.3 Å². The molecule has 5 heteroatoms. The highest BCUT2D eigenvalue weighted by Gasteiger charge is 2.18. The van der Waals surface area contributed by atoms with Gasteiger partial charge in [-0.15, -0.1) is 0 Å². The first-order valence-electron chi connectivity index (χ1n) is 8.55. The van der Waals surface area contributed by atoms with Gasteiger partial charge in [0.1, 0.15) is 5.58 Å². The van der Waals surface area contributed by atoms with Gasteiger partial charge in [-0.1, -0.05) is 12.1 Å². The molecule has 3 aromatic rings. The fourth-order valence-electron chi connectivity index (χ4n) is 3.30. The van der Waals surface area contributed by atoms with Crippen LogP contribution in [0.3, 0.4) is 0 Å². The number of nitrogens with zero attached hydrogens (tertiary/aromatic N) is 1. The van der Waals surface area contributed by atoms with Gasteiger partial charge in [-0.2, -0.15) is 0 Å². The van der Waals surface area contributed by atoms with Crippen LogP contribution >= 0.6 is 0 Å². The van der Waals surface area contributed by atoms with Crippen LogP contribution < -0.4 is 15.2 Å². The normalized spacial score (nSPS) is 15.6. The topological polar surface area (TPSA) is 58.1 Å². The van der Waals surface area contributed by atoms with Crippen molar-refractivity contribution in [3.8, 4) is 17.1 Å². The molecule has 2 N–H and O–H groups in total. The standard InChI is InChI=1S/C20H20N2O3/c1-21-10-12-22(13-11-21)15-8-6-14(7-9-15)20-19(24)18(23)16-4-2-3-5-17(16)25-20/h2-9,24H,10-13H2,1H3/p+1. The minimum atomic E-state index is -0.400. The van der Waals surface area contributed by atoms with E-state index in [9.17, 15) is 9.90 Å². The summed E-state index contributed by atoms with van der Waals surface area (Å²) in [5.41, 5.74) is 1.93. The Hall–Kier alpha value is -2.79. The van der Waals surface area contributed by atoms with Crippen molar-refractivity contribution in [1.29, 1.82) is 0 Å². The Labute approximate surface area is 145 Å². The molecule has 1 saturated heterocycles. The summed E-state index contributed by atoms with van der Waals surface area (Å²) in [5, 5.41) is 10.7. The largest absolute Gasteiger partial charge is 0.502 e. The van der Waals surface area contributed by atoms with Crippen molar-refractivity contribution < 1.29 is 14.4 Å². The van der Waals surface area contributed by atoms with Gasteiger partial charge in [0.05, 0.1) is 38.6 Å². The van der Waals surface area contributed by atoms with Gasteiger partial charge in [0.2, 0.25) is 11.2 Å². The van der Waals surface area contributed by atoms with Crippen molar-refractivity contribution in [3.05, 3.63) is 58.8 Å². The van der Waals surface area contributed by atoms with E-state index in [4.69, 9.17) is 4.42 Å². The van der Waals surface area contributed by atoms with E-state index in [1.165, 1.54) is 0 Å². The summed E-state index contributed by atoms with van der Waals surface area (Å²) in [4.78, 5) is 16.3. The Morgan fingerprint density at radius 1 is 1.04 bits per heavy atom. The summed E-state index contributed by atoms with van der Waals surface area (Å²) < 4.78 is 5.79. The average molecular weight is 337 g/mol. The molecule has 1 aromatic heterocycles. The molecular formula is C20H21N2O3+. The zero-order valence-corrected chi connectivity index (χ0v) is 14.2. The average Bonchev–Trinajstić information content (AvgIpc) is 2.65. The molecule has 25 heavy (non-hydrogen) atoms. The van der Waals surface area contributed by atoms with Crippen LogP contribution in [0.4, 0.5) is 5.69 Å². The van der Waals surface area contributed by atoms with Gasteiger partial charge in [0.15, 0.2) is 5.76 Å². The molecule has 0 bridgehead atoms. The van der Waals surface area contributed by atoms with E-state index >= 15 is 0 Å². The number of hydrogen-bond donors (Lipinski definition) is 2. The van der Waals surface area contributed by atoms with Crippen molar-refractivity contribution in [2.75, 3.05) is 38.1 Å². The Kier molecular flexibility index (Phi) is 3.93. The SMILES string of the molecule is C[NH+]1CCN(c2ccc(-c3oc4ccccc4c(=O)c3O)cc2)CC1. The number of aromatic hydroxyl groups is 1. The van der Waals surface area contributed by atoms with E-state index < -0.39 is 5.43 Å². The molecule has 1 aliphatic rings. The van der Waals surface area contributed by atoms with Crippen LogP contribution in [0.25, 0.3) is 22.3 Å². The van der Waals surface area contributed by atoms with Gasteiger partial charge in [0.25, 0.3) is 0 Å².